The molecule has 0 aromatic heterocycles. The molecule has 0 radical (unpaired) electrons. The summed E-state index contributed by atoms with van der Waals surface area (Å²) >= 11 is 11.7. The molecule has 0 saturated heterocycles. The third kappa shape index (κ3) is 3.73. The second-order valence-electron chi connectivity index (χ2n) is 3.71. The van der Waals surface area contributed by atoms with E-state index < -0.39 is 0 Å². The largest absolute Gasteiger partial charge is 0.0837 e. The van der Waals surface area contributed by atoms with Crippen molar-refractivity contribution in [3.63, 3.8) is 0 Å². The summed E-state index contributed by atoms with van der Waals surface area (Å²) in [6.07, 6.45) is 5.31. The lowest BCUT2D eigenvalue weighted by Gasteiger charge is -1.99. The Morgan fingerprint density at radius 3 is 2.50 bits per heavy atom. The van der Waals surface area contributed by atoms with Gasteiger partial charge >= 0.3 is 0 Å². The van der Waals surface area contributed by atoms with Crippen LogP contribution < -0.4 is 0 Å². The van der Waals surface area contributed by atoms with Crippen molar-refractivity contribution in [2.24, 2.45) is 5.92 Å². The molecule has 0 fully saturated rings. The van der Waals surface area contributed by atoms with Crippen LogP contribution in [-0.2, 0) is 0 Å². The first kappa shape index (κ1) is 11.6. The fourth-order valence-electron chi connectivity index (χ4n) is 1.09. The summed E-state index contributed by atoms with van der Waals surface area (Å²) in [4.78, 5) is 0. The summed E-state index contributed by atoms with van der Waals surface area (Å²) in [5.74, 6) is 0.689. The van der Waals surface area contributed by atoms with Gasteiger partial charge in [0.1, 0.15) is 0 Å². The molecule has 14 heavy (non-hydrogen) atoms. The highest BCUT2D eigenvalue weighted by molar-refractivity contribution is 6.42. The van der Waals surface area contributed by atoms with Gasteiger partial charge in [-0.1, -0.05) is 55.3 Å². The van der Waals surface area contributed by atoms with E-state index in [2.05, 4.69) is 26.0 Å². The highest BCUT2D eigenvalue weighted by atomic mass is 35.5. The average Bonchev–Trinajstić information content (AvgIpc) is 2.10. The molecule has 0 saturated carbocycles. The van der Waals surface area contributed by atoms with Crippen molar-refractivity contribution < 1.29 is 0 Å². The Labute approximate surface area is 95.5 Å². The summed E-state index contributed by atoms with van der Waals surface area (Å²) in [5, 5.41) is 1.21. The molecule has 0 N–H and O–H groups in total. The number of allylic oxidation sites excluding steroid dienone is 1. The fourth-order valence-corrected chi connectivity index (χ4v) is 1.40. The lowest BCUT2D eigenvalue weighted by atomic mass is 10.1. The average molecular weight is 229 g/mol. The van der Waals surface area contributed by atoms with E-state index in [1.54, 1.807) is 0 Å². The minimum absolute atomic E-state index is 0.604. The van der Waals surface area contributed by atoms with E-state index >= 15 is 0 Å². The van der Waals surface area contributed by atoms with E-state index in [0.717, 1.165) is 12.0 Å². The highest BCUT2D eigenvalue weighted by Gasteiger charge is 1.96. The maximum Gasteiger partial charge on any atom is 0.0598 e. The maximum absolute atomic E-state index is 5.89. The number of benzene rings is 1. The number of hydrogen-bond acceptors (Lipinski definition) is 0. The van der Waals surface area contributed by atoms with E-state index in [4.69, 9.17) is 23.2 Å². The molecule has 0 bridgehead atoms. The van der Waals surface area contributed by atoms with Crippen molar-refractivity contribution in [2.75, 3.05) is 0 Å². The molecular weight excluding hydrogens is 215 g/mol. The molecule has 1 aromatic rings. The predicted molar refractivity (Wildman–Crippen MR) is 65.0 cm³/mol. The molecule has 0 heterocycles. The number of hydrogen-bond donors (Lipinski definition) is 0. The van der Waals surface area contributed by atoms with Crippen LogP contribution in [-0.4, -0.2) is 0 Å². The molecule has 2 heteroatoms. The molecule has 0 atom stereocenters. The van der Waals surface area contributed by atoms with Gasteiger partial charge in [0.25, 0.3) is 0 Å². The van der Waals surface area contributed by atoms with Crippen LogP contribution >= 0.6 is 23.2 Å². The van der Waals surface area contributed by atoms with Gasteiger partial charge in [0.05, 0.1) is 10.0 Å². The molecule has 0 amide bonds. The van der Waals surface area contributed by atoms with Crippen LogP contribution in [0.5, 0.6) is 0 Å². The lowest BCUT2D eigenvalue weighted by molar-refractivity contribution is 0.665. The van der Waals surface area contributed by atoms with Crippen LogP contribution in [0.4, 0.5) is 0 Å². The zero-order valence-corrected chi connectivity index (χ0v) is 9.94. The topological polar surface area (TPSA) is 0 Å². The van der Waals surface area contributed by atoms with Crippen LogP contribution in [0.1, 0.15) is 25.8 Å². The Hall–Kier alpha value is -0.460. The summed E-state index contributed by atoms with van der Waals surface area (Å²) in [6.45, 7) is 4.39. The van der Waals surface area contributed by atoms with Gasteiger partial charge in [-0.2, -0.15) is 0 Å². The van der Waals surface area contributed by atoms with E-state index in [1.807, 2.05) is 18.2 Å². The van der Waals surface area contributed by atoms with Crippen LogP contribution in [0.25, 0.3) is 6.08 Å². The SMILES string of the molecule is CC(C)CC=Cc1ccc(Cl)c(Cl)c1. The third-order valence-corrected chi connectivity index (χ3v) is 2.60. The number of halogens is 2. The number of rotatable bonds is 3. The van der Waals surface area contributed by atoms with E-state index in [1.165, 1.54) is 0 Å². The first-order valence-corrected chi connectivity index (χ1v) is 5.47. The predicted octanol–water partition coefficient (Wildman–Crippen LogP) is 5.05. The molecule has 0 spiro atoms. The molecule has 0 unspecified atom stereocenters. The second kappa shape index (κ2) is 5.43. The molecule has 0 aliphatic heterocycles. The third-order valence-electron chi connectivity index (χ3n) is 1.86. The summed E-state index contributed by atoms with van der Waals surface area (Å²) in [6, 6.07) is 5.66. The zero-order chi connectivity index (χ0) is 10.6. The summed E-state index contributed by atoms with van der Waals surface area (Å²) in [7, 11) is 0. The van der Waals surface area contributed by atoms with Gasteiger partial charge < -0.3 is 0 Å². The highest BCUT2D eigenvalue weighted by Crippen LogP contribution is 2.23. The lowest BCUT2D eigenvalue weighted by Crippen LogP contribution is -1.81. The molecule has 1 aromatic carbocycles. The molecule has 0 nitrogen and oxygen atoms in total. The van der Waals surface area contributed by atoms with Gasteiger partial charge in [-0.05, 0) is 30.0 Å². The maximum atomic E-state index is 5.89. The van der Waals surface area contributed by atoms with Crippen molar-refractivity contribution >= 4 is 29.3 Å². The summed E-state index contributed by atoms with van der Waals surface area (Å²) < 4.78 is 0. The molecular formula is C12H14Cl2. The quantitative estimate of drug-likeness (QED) is 0.680. The van der Waals surface area contributed by atoms with Gasteiger partial charge in [-0.3, -0.25) is 0 Å². The normalized spacial score (nSPS) is 11.5. The van der Waals surface area contributed by atoms with Crippen LogP contribution in [0.15, 0.2) is 24.3 Å². The van der Waals surface area contributed by atoms with Gasteiger partial charge in [0, 0.05) is 0 Å². The van der Waals surface area contributed by atoms with Crippen LogP contribution in [0.3, 0.4) is 0 Å². The van der Waals surface area contributed by atoms with E-state index in [-0.39, 0.29) is 0 Å². The minimum atomic E-state index is 0.604. The zero-order valence-electron chi connectivity index (χ0n) is 8.43. The molecule has 0 aliphatic carbocycles. The first-order valence-electron chi connectivity index (χ1n) is 4.71. The van der Waals surface area contributed by atoms with Gasteiger partial charge in [-0.25, -0.2) is 0 Å². The monoisotopic (exact) mass is 228 g/mol. The summed E-state index contributed by atoms with van der Waals surface area (Å²) in [5.41, 5.74) is 1.10. The van der Waals surface area contributed by atoms with Crippen molar-refractivity contribution in [3.8, 4) is 0 Å². The van der Waals surface area contributed by atoms with Crippen LogP contribution in [0.2, 0.25) is 10.0 Å². The Balaban J connectivity index is 2.68. The minimum Gasteiger partial charge on any atom is -0.0837 e. The van der Waals surface area contributed by atoms with Crippen molar-refractivity contribution in [1.82, 2.24) is 0 Å². The first-order chi connectivity index (χ1) is 6.59. The Kier molecular flexibility index (Phi) is 4.50. The van der Waals surface area contributed by atoms with Gasteiger partial charge in [-0.15, -0.1) is 0 Å². The Morgan fingerprint density at radius 2 is 1.93 bits per heavy atom. The Bertz CT molecular complexity index is 327. The van der Waals surface area contributed by atoms with E-state index in [0.29, 0.717) is 16.0 Å². The molecule has 76 valence electrons. The fraction of sp³-hybridized carbons (Fsp3) is 0.333. The molecule has 1 rings (SSSR count). The van der Waals surface area contributed by atoms with Crippen molar-refractivity contribution in [1.29, 1.82) is 0 Å². The standard InChI is InChI=1S/C12H14Cl2/c1-9(2)4-3-5-10-6-7-11(13)12(14)8-10/h3,5-9H,4H2,1-2H3. The smallest absolute Gasteiger partial charge is 0.0598 e. The van der Waals surface area contributed by atoms with Gasteiger partial charge in [0.2, 0.25) is 0 Å². The van der Waals surface area contributed by atoms with Crippen LogP contribution in [0, 0.1) is 5.92 Å². The second-order valence-corrected chi connectivity index (χ2v) is 4.52. The van der Waals surface area contributed by atoms with Gasteiger partial charge in [0.15, 0.2) is 0 Å². The van der Waals surface area contributed by atoms with Crippen molar-refractivity contribution in [3.05, 3.63) is 39.9 Å². The molecule has 0 aliphatic rings. The van der Waals surface area contributed by atoms with Crippen molar-refractivity contribution in [2.45, 2.75) is 20.3 Å². The van der Waals surface area contributed by atoms with E-state index in [9.17, 15) is 0 Å². The Morgan fingerprint density at radius 1 is 1.21 bits per heavy atom.